The number of benzene rings is 1. The number of Topliss-reactive ketones (excluding diaryl/α,β-unsaturated/α-hetero) is 1. The van der Waals surface area contributed by atoms with Crippen LogP contribution in [-0.2, 0) is 0 Å². The second-order valence-electron chi connectivity index (χ2n) is 5.44. The van der Waals surface area contributed by atoms with E-state index in [-0.39, 0.29) is 5.78 Å². The number of carbonyl (C=O) groups excluding carboxylic acids is 1. The Balaban J connectivity index is 2.17. The molecule has 1 heterocycles. The van der Waals surface area contributed by atoms with E-state index in [2.05, 4.69) is 4.90 Å². The first-order valence-corrected chi connectivity index (χ1v) is 6.95. The van der Waals surface area contributed by atoms with E-state index in [1.165, 1.54) is 19.3 Å². The molecule has 0 spiro atoms. The minimum absolute atomic E-state index is 0.182. The van der Waals surface area contributed by atoms with E-state index in [9.17, 15) is 4.79 Å². The Kier molecular flexibility index (Phi) is 4.08. The second kappa shape index (κ2) is 5.41. The van der Waals surface area contributed by atoms with Crippen molar-refractivity contribution in [2.75, 3.05) is 13.1 Å². The van der Waals surface area contributed by atoms with Crippen molar-refractivity contribution in [1.82, 2.24) is 4.90 Å². The minimum atomic E-state index is -0.422. The molecule has 98 valence electrons. The van der Waals surface area contributed by atoms with E-state index in [0.717, 1.165) is 18.7 Å². The first-order chi connectivity index (χ1) is 8.51. The highest BCUT2D eigenvalue weighted by molar-refractivity contribution is 6.30. The summed E-state index contributed by atoms with van der Waals surface area (Å²) >= 11 is 5.86. The van der Waals surface area contributed by atoms with Gasteiger partial charge in [0.2, 0.25) is 0 Å². The van der Waals surface area contributed by atoms with Gasteiger partial charge < -0.3 is 0 Å². The maximum atomic E-state index is 12.6. The number of carbonyl (C=O) groups is 1. The van der Waals surface area contributed by atoms with Crippen LogP contribution in [0, 0.1) is 0 Å². The maximum absolute atomic E-state index is 12.6. The maximum Gasteiger partial charge on any atom is 0.182 e. The lowest BCUT2D eigenvalue weighted by atomic mass is 9.89. The standard InChI is InChI=1S/C15H20ClNO/c1-15(2,17-10-4-3-5-11-17)14(18)12-6-8-13(16)9-7-12/h6-9H,3-5,10-11H2,1-2H3. The van der Waals surface area contributed by atoms with Crippen LogP contribution in [-0.4, -0.2) is 29.3 Å². The summed E-state index contributed by atoms with van der Waals surface area (Å²) in [6.07, 6.45) is 3.66. The van der Waals surface area contributed by atoms with Crippen LogP contribution in [0.2, 0.25) is 5.02 Å². The number of piperidine rings is 1. The molecule has 2 rings (SSSR count). The lowest BCUT2D eigenvalue weighted by molar-refractivity contribution is 0.0579. The van der Waals surface area contributed by atoms with Crippen molar-refractivity contribution in [3.8, 4) is 0 Å². The highest BCUT2D eigenvalue weighted by atomic mass is 35.5. The number of rotatable bonds is 3. The third-order valence-corrected chi connectivity index (χ3v) is 4.06. The third-order valence-electron chi connectivity index (χ3n) is 3.81. The lowest BCUT2D eigenvalue weighted by Crippen LogP contribution is -2.52. The van der Waals surface area contributed by atoms with Gasteiger partial charge in [0.1, 0.15) is 0 Å². The molecule has 0 aromatic heterocycles. The molecule has 0 atom stereocenters. The zero-order valence-electron chi connectivity index (χ0n) is 11.1. The van der Waals surface area contributed by atoms with E-state index >= 15 is 0 Å². The summed E-state index contributed by atoms with van der Waals surface area (Å²) in [4.78, 5) is 14.9. The molecule has 0 bridgehead atoms. The summed E-state index contributed by atoms with van der Waals surface area (Å²) in [6, 6.07) is 7.19. The number of likely N-dealkylation sites (tertiary alicyclic amines) is 1. The molecule has 0 aliphatic carbocycles. The zero-order chi connectivity index (χ0) is 13.2. The molecule has 0 saturated carbocycles. The van der Waals surface area contributed by atoms with Crippen LogP contribution in [0.4, 0.5) is 0 Å². The molecule has 2 nitrogen and oxygen atoms in total. The normalized spacial score (nSPS) is 17.7. The highest BCUT2D eigenvalue weighted by Crippen LogP contribution is 2.25. The van der Waals surface area contributed by atoms with Gasteiger partial charge in [-0.25, -0.2) is 0 Å². The first kappa shape index (κ1) is 13.6. The summed E-state index contributed by atoms with van der Waals surface area (Å²) < 4.78 is 0. The van der Waals surface area contributed by atoms with Gasteiger partial charge in [0, 0.05) is 10.6 Å². The van der Waals surface area contributed by atoms with E-state index in [1.54, 1.807) is 12.1 Å². The van der Waals surface area contributed by atoms with Crippen molar-refractivity contribution in [2.24, 2.45) is 0 Å². The Morgan fingerprint density at radius 3 is 2.22 bits per heavy atom. The van der Waals surface area contributed by atoms with E-state index in [1.807, 2.05) is 26.0 Å². The molecule has 1 aliphatic heterocycles. The number of hydrogen-bond acceptors (Lipinski definition) is 2. The van der Waals surface area contributed by atoms with Crippen LogP contribution < -0.4 is 0 Å². The Hall–Kier alpha value is -0.860. The summed E-state index contributed by atoms with van der Waals surface area (Å²) in [7, 11) is 0. The Morgan fingerprint density at radius 1 is 1.11 bits per heavy atom. The van der Waals surface area contributed by atoms with Crippen molar-refractivity contribution in [3.05, 3.63) is 34.9 Å². The number of halogens is 1. The predicted octanol–water partition coefficient (Wildman–Crippen LogP) is 3.79. The predicted molar refractivity (Wildman–Crippen MR) is 75.3 cm³/mol. The van der Waals surface area contributed by atoms with Crippen LogP contribution in [0.15, 0.2) is 24.3 Å². The molecule has 3 heteroatoms. The van der Waals surface area contributed by atoms with Crippen molar-refractivity contribution in [3.63, 3.8) is 0 Å². The van der Waals surface area contributed by atoms with Gasteiger partial charge in [-0.2, -0.15) is 0 Å². The van der Waals surface area contributed by atoms with Gasteiger partial charge in [-0.15, -0.1) is 0 Å². The number of hydrogen-bond donors (Lipinski definition) is 0. The molecule has 0 amide bonds. The fraction of sp³-hybridized carbons (Fsp3) is 0.533. The Morgan fingerprint density at radius 2 is 1.67 bits per heavy atom. The summed E-state index contributed by atoms with van der Waals surface area (Å²) in [5.74, 6) is 0.182. The fourth-order valence-electron chi connectivity index (χ4n) is 2.55. The van der Waals surface area contributed by atoms with Gasteiger partial charge in [-0.3, -0.25) is 9.69 Å². The Labute approximate surface area is 114 Å². The SMILES string of the molecule is CC(C)(C(=O)c1ccc(Cl)cc1)N1CCCCC1. The van der Waals surface area contributed by atoms with Crippen LogP contribution in [0.1, 0.15) is 43.5 Å². The Bertz CT molecular complexity index is 419. The van der Waals surface area contributed by atoms with Crippen molar-refractivity contribution in [1.29, 1.82) is 0 Å². The summed E-state index contributed by atoms with van der Waals surface area (Å²) in [6.45, 7) is 6.09. The largest absolute Gasteiger partial charge is 0.292 e. The third kappa shape index (κ3) is 2.76. The van der Waals surface area contributed by atoms with Crippen LogP contribution in [0.3, 0.4) is 0 Å². The average molecular weight is 266 g/mol. The molecule has 1 aromatic carbocycles. The molecular weight excluding hydrogens is 246 g/mol. The van der Waals surface area contributed by atoms with Crippen molar-refractivity contribution in [2.45, 2.75) is 38.6 Å². The van der Waals surface area contributed by atoms with Crippen LogP contribution in [0.5, 0.6) is 0 Å². The van der Waals surface area contributed by atoms with E-state index in [4.69, 9.17) is 11.6 Å². The second-order valence-corrected chi connectivity index (χ2v) is 5.88. The van der Waals surface area contributed by atoms with E-state index in [0.29, 0.717) is 5.02 Å². The van der Waals surface area contributed by atoms with Gasteiger partial charge in [0.05, 0.1) is 5.54 Å². The zero-order valence-corrected chi connectivity index (χ0v) is 11.8. The summed E-state index contributed by atoms with van der Waals surface area (Å²) in [5.41, 5.74) is 0.323. The van der Waals surface area contributed by atoms with Gasteiger partial charge in [0.25, 0.3) is 0 Å². The molecule has 0 N–H and O–H groups in total. The molecule has 1 aliphatic rings. The van der Waals surface area contributed by atoms with Crippen LogP contribution >= 0.6 is 11.6 Å². The van der Waals surface area contributed by atoms with Gasteiger partial charge in [-0.05, 0) is 64.0 Å². The molecular formula is C15H20ClNO. The molecule has 0 radical (unpaired) electrons. The molecule has 1 saturated heterocycles. The van der Waals surface area contributed by atoms with Gasteiger partial charge in [0.15, 0.2) is 5.78 Å². The minimum Gasteiger partial charge on any atom is -0.292 e. The monoisotopic (exact) mass is 265 g/mol. The first-order valence-electron chi connectivity index (χ1n) is 6.57. The quantitative estimate of drug-likeness (QED) is 0.775. The average Bonchev–Trinajstić information content (AvgIpc) is 2.40. The van der Waals surface area contributed by atoms with Gasteiger partial charge in [-0.1, -0.05) is 18.0 Å². The van der Waals surface area contributed by atoms with Crippen molar-refractivity contribution < 1.29 is 4.79 Å². The molecule has 18 heavy (non-hydrogen) atoms. The van der Waals surface area contributed by atoms with E-state index < -0.39 is 5.54 Å². The molecule has 0 unspecified atom stereocenters. The lowest BCUT2D eigenvalue weighted by Gasteiger charge is -2.39. The molecule has 1 aromatic rings. The highest BCUT2D eigenvalue weighted by Gasteiger charge is 2.35. The summed E-state index contributed by atoms with van der Waals surface area (Å²) in [5, 5.41) is 0.669. The van der Waals surface area contributed by atoms with Gasteiger partial charge >= 0.3 is 0 Å². The topological polar surface area (TPSA) is 20.3 Å². The van der Waals surface area contributed by atoms with Crippen LogP contribution in [0.25, 0.3) is 0 Å². The molecule has 1 fully saturated rings. The number of nitrogens with zero attached hydrogens (tertiary/aromatic N) is 1. The van der Waals surface area contributed by atoms with Crippen molar-refractivity contribution >= 4 is 17.4 Å². The fourth-order valence-corrected chi connectivity index (χ4v) is 2.68. The number of ketones is 1. The smallest absolute Gasteiger partial charge is 0.182 e.